The lowest BCUT2D eigenvalue weighted by Crippen LogP contribution is -2.58. The average molecular weight is 340 g/mol. The number of ether oxygens (including phenoxy) is 1. The van der Waals surface area contributed by atoms with E-state index in [1.165, 1.54) is 11.3 Å². The molecule has 112 valence electrons. The van der Waals surface area contributed by atoms with Gasteiger partial charge in [0, 0.05) is 28.2 Å². The van der Waals surface area contributed by atoms with Crippen LogP contribution in [0.4, 0.5) is 5.69 Å². The van der Waals surface area contributed by atoms with Gasteiger partial charge in [-0.05, 0) is 37.0 Å². The van der Waals surface area contributed by atoms with Crippen molar-refractivity contribution in [1.29, 1.82) is 0 Å². The van der Waals surface area contributed by atoms with Crippen molar-refractivity contribution in [3.63, 3.8) is 0 Å². The third-order valence-corrected chi connectivity index (χ3v) is 5.18. The number of nitrogens with one attached hydrogen (secondary N) is 1. The number of anilines is 1. The first-order valence-corrected chi connectivity index (χ1v) is 8.24. The van der Waals surface area contributed by atoms with Crippen LogP contribution in [0.25, 0.3) is 0 Å². The van der Waals surface area contributed by atoms with Gasteiger partial charge in [0.1, 0.15) is 0 Å². The zero-order chi connectivity index (χ0) is 14.9. The van der Waals surface area contributed by atoms with Crippen molar-refractivity contribution in [2.75, 3.05) is 11.9 Å². The van der Waals surface area contributed by atoms with Crippen LogP contribution in [0, 0.1) is 18.3 Å². The van der Waals surface area contributed by atoms with Crippen molar-refractivity contribution in [2.24, 2.45) is 11.3 Å². The van der Waals surface area contributed by atoms with Gasteiger partial charge in [0.2, 0.25) is 0 Å². The topological polar surface area (TPSA) is 21.3 Å². The fraction of sp³-hybridized carbons (Fsp3) is 0.647. The van der Waals surface area contributed by atoms with Crippen LogP contribution in [0.15, 0.2) is 22.7 Å². The molecule has 3 heteroatoms. The predicted octanol–water partition coefficient (Wildman–Crippen LogP) is 5.01. The van der Waals surface area contributed by atoms with E-state index < -0.39 is 0 Å². The van der Waals surface area contributed by atoms with E-state index in [9.17, 15) is 0 Å². The zero-order valence-corrected chi connectivity index (χ0v) is 14.8. The fourth-order valence-electron chi connectivity index (χ4n) is 2.61. The lowest BCUT2D eigenvalue weighted by molar-refractivity contribution is -0.108. The molecule has 0 heterocycles. The minimum Gasteiger partial charge on any atom is -0.382 e. The molecule has 2 rings (SSSR count). The highest BCUT2D eigenvalue weighted by Gasteiger charge is 2.49. The summed E-state index contributed by atoms with van der Waals surface area (Å²) in [5, 5.41) is 3.64. The Morgan fingerprint density at radius 2 is 2.10 bits per heavy atom. The molecular formula is C17H26BrNO. The highest BCUT2D eigenvalue weighted by atomic mass is 79.9. The Labute approximate surface area is 131 Å². The second-order valence-electron chi connectivity index (χ2n) is 6.93. The summed E-state index contributed by atoms with van der Waals surface area (Å²) < 4.78 is 7.18. The van der Waals surface area contributed by atoms with E-state index in [1.54, 1.807) is 0 Å². The van der Waals surface area contributed by atoms with E-state index in [4.69, 9.17) is 4.74 Å². The largest absolute Gasteiger partial charge is 0.382 e. The Hall–Kier alpha value is -0.540. The SMILES string of the molecule is Cc1ccc(NC2CC(OCC(C)C)C2(C)C)cc1Br. The number of hydrogen-bond donors (Lipinski definition) is 1. The highest BCUT2D eigenvalue weighted by molar-refractivity contribution is 9.10. The molecule has 20 heavy (non-hydrogen) atoms. The Morgan fingerprint density at radius 1 is 1.40 bits per heavy atom. The smallest absolute Gasteiger partial charge is 0.0665 e. The molecule has 2 nitrogen and oxygen atoms in total. The van der Waals surface area contributed by atoms with Crippen LogP contribution in [0.3, 0.4) is 0 Å². The Kier molecular flexibility index (Phi) is 4.80. The second kappa shape index (κ2) is 6.07. The van der Waals surface area contributed by atoms with Gasteiger partial charge in [-0.2, -0.15) is 0 Å². The van der Waals surface area contributed by atoms with Crippen LogP contribution in [-0.2, 0) is 4.74 Å². The van der Waals surface area contributed by atoms with Gasteiger partial charge in [0.05, 0.1) is 6.10 Å². The van der Waals surface area contributed by atoms with Gasteiger partial charge in [0.15, 0.2) is 0 Å². The number of hydrogen-bond acceptors (Lipinski definition) is 2. The van der Waals surface area contributed by atoms with Gasteiger partial charge in [-0.25, -0.2) is 0 Å². The Balaban J connectivity index is 1.93. The summed E-state index contributed by atoms with van der Waals surface area (Å²) in [6.45, 7) is 12.0. The molecule has 0 amide bonds. The molecule has 0 aromatic heterocycles. The van der Waals surface area contributed by atoms with E-state index in [2.05, 4.69) is 74.1 Å². The molecule has 2 unspecified atom stereocenters. The number of rotatable bonds is 5. The van der Waals surface area contributed by atoms with E-state index in [0.29, 0.717) is 18.1 Å². The molecule has 1 aromatic carbocycles. The van der Waals surface area contributed by atoms with E-state index >= 15 is 0 Å². The summed E-state index contributed by atoms with van der Waals surface area (Å²) in [5.41, 5.74) is 2.64. The predicted molar refractivity (Wildman–Crippen MR) is 89.3 cm³/mol. The molecule has 0 radical (unpaired) electrons. The van der Waals surface area contributed by atoms with Gasteiger partial charge in [-0.1, -0.05) is 49.7 Å². The van der Waals surface area contributed by atoms with Crippen molar-refractivity contribution < 1.29 is 4.74 Å². The van der Waals surface area contributed by atoms with Crippen LogP contribution >= 0.6 is 15.9 Å². The zero-order valence-electron chi connectivity index (χ0n) is 13.2. The molecule has 1 fully saturated rings. The van der Waals surface area contributed by atoms with Crippen LogP contribution in [-0.4, -0.2) is 18.8 Å². The van der Waals surface area contributed by atoms with Crippen LogP contribution < -0.4 is 5.32 Å². The molecule has 1 aliphatic carbocycles. The van der Waals surface area contributed by atoms with Crippen LogP contribution in [0.2, 0.25) is 0 Å². The third kappa shape index (κ3) is 3.37. The molecule has 1 N–H and O–H groups in total. The minimum absolute atomic E-state index is 0.187. The van der Waals surface area contributed by atoms with E-state index in [0.717, 1.165) is 17.5 Å². The van der Waals surface area contributed by atoms with E-state index in [1.807, 2.05) is 0 Å². The molecule has 1 aromatic rings. The first-order valence-electron chi connectivity index (χ1n) is 7.45. The van der Waals surface area contributed by atoms with Crippen molar-refractivity contribution in [3.8, 4) is 0 Å². The highest BCUT2D eigenvalue weighted by Crippen LogP contribution is 2.44. The summed E-state index contributed by atoms with van der Waals surface area (Å²) in [7, 11) is 0. The van der Waals surface area contributed by atoms with Crippen LogP contribution in [0.1, 0.15) is 39.7 Å². The summed E-state index contributed by atoms with van der Waals surface area (Å²) in [6.07, 6.45) is 1.46. The van der Waals surface area contributed by atoms with Crippen molar-refractivity contribution in [2.45, 2.75) is 53.2 Å². The van der Waals surface area contributed by atoms with Crippen molar-refractivity contribution in [1.82, 2.24) is 0 Å². The average Bonchev–Trinajstić information content (AvgIpc) is 2.36. The maximum atomic E-state index is 6.02. The summed E-state index contributed by atoms with van der Waals surface area (Å²) in [4.78, 5) is 0. The van der Waals surface area contributed by atoms with Crippen molar-refractivity contribution in [3.05, 3.63) is 28.2 Å². The number of halogens is 1. The van der Waals surface area contributed by atoms with Gasteiger partial charge >= 0.3 is 0 Å². The molecular weight excluding hydrogens is 314 g/mol. The standard InChI is InChI=1S/C17H26BrNO/c1-11(2)10-20-16-9-15(17(16,4)5)19-13-7-6-12(3)14(18)8-13/h6-8,11,15-16,19H,9-10H2,1-5H3. The third-order valence-electron chi connectivity index (χ3n) is 4.32. The summed E-state index contributed by atoms with van der Waals surface area (Å²) in [6, 6.07) is 6.94. The second-order valence-corrected chi connectivity index (χ2v) is 7.79. The molecule has 1 aliphatic rings. The maximum absolute atomic E-state index is 6.02. The molecule has 0 bridgehead atoms. The summed E-state index contributed by atoms with van der Waals surface area (Å²) in [5.74, 6) is 0.603. The Bertz CT molecular complexity index is 470. The quantitative estimate of drug-likeness (QED) is 0.814. The van der Waals surface area contributed by atoms with Gasteiger partial charge in [-0.15, -0.1) is 0 Å². The van der Waals surface area contributed by atoms with Crippen LogP contribution in [0.5, 0.6) is 0 Å². The molecule has 0 saturated heterocycles. The molecule has 0 spiro atoms. The minimum atomic E-state index is 0.187. The lowest BCUT2D eigenvalue weighted by atomic mass is 9.64. The number of benzene rings is 1. The first-order chi connectivity index (χ1) is 9.30. The lowest BCUT2D eigenvalue weighted by Gasteiger charge is -2.52. The normalized spacial score (nSPS) is 24.6. The van der Waals surface area contributed by atoms with Gasteiger partial charge in [-0.3, -0.25) is 0 Å². The first kappa shape index (κ1) is 15.8. The van der Waals surface area contributed by atoms with E-state index in [-0.39, 0.29) is 5.41 Å². The summed E-state index contributed by atoms with van der Waals surface area (Å²) >= 11 is 3.59. The molecule has 0 aliphatic heterocycles. The fourth-order valence-corrected chi connectivity index (χ4v) is 2.98. The van der Waals surface area contributed by atoms with Crippen molar-refractivity contribution >= 4 is 21.6 Å². The van der Waals surface area contributed by atoms with Gasteiger partial charge < -0.3 is 10.1 Å². The molecule has 1 saturated carbocycles. The maximum Gasteiger partial charge on any atom is 0.0665 e. The molecule has 2 atom stereocenters. The Morgan fingerprint density at radius 3 is 2.65 bits per heavy atom. The van der Waals surface area contributed by atoms with Gasteiger partial charge in [0.25, 0.3) is 0 Å². The monoisotopic (exact) mass is 339 g/mol. The number of aryl methyl sites for hydroxylation is 1.